The lowest BCUT2D eigenvalue weighted by atomic mass is 10.0. The van der Waals surface area contributed by atoms with Crippen molar-refractivity contribution in [3.05, 3.63) is 89.6 Å². The number of nitrogens with zero attached hydrogens (tertiary/aromatic N) is 2. The van der Waals surface area contributed by atoms with Crippen LogP contribution in [-0.2, 0) is 6.42 Å². The van der Waals surface area contributed by atoms with Crippen LogP contribution in [0.4, 0.5) is 0 Å². The Labute approximate surface area is 157 Å². The van der Waals surface area contributed by atoms with Crippen LogP contribution in [0.15, 0.2) is 72.9 Å². The highest BCUT2D eigenvalue weighted by atomic mass is 16.5. The predicted molar refractivity (Wildman–Crippen MR) is 111 cm³/mol. The fraction of sp³-hybridized carbons (Fsp3) is 0.125. The van der Waals surface area contributed by atoms with Gasteiger partial charge in [-0.15, -0.1) is 0 Å². The van der Waals surface area contributed by atoms with E-state index < -0.39 is 0 Å². The van der Waals surface area contributed by atoms with Gasteiger partial charge in [-0.2, -0.15) is 0 Å². The molecule has 0 saturated carbocycles. The van der Waals surface area contributed by atoms with Gasteiger partial charge in [0, 0.05) is 17.9 Å². The predicted octanol–water partition coefficient (Wildman–Crippen LogP) is 5.55. The van der Waals surface area contributed by atoms with Crippen molar-refractivity contribution in [2.24, 2.45) is 0 Å². The highest BCUT2D eigenvalue weighted by molar-refractivity contribution is 5.97. The molecule has 2 aromatic heterocycles. The molecule has 0 aliphatic rings. The molecule has 0 atom stereocenters. The summed E-state index contributed by atoms with van der Waals surface area (Å²) in [5.41, 5.74) is 8.32. The number of aryl methyl sites for hydroxylation is 1. The first-order valence-corrected chi connectivity index (χ1v) is 9.15. The molecule has 0 aliphatic heterocycles. The van der Waals surface area contributed by atoms with Gasteiger partial charge >= 0.3 is 0 Å². The molecule has 3 nitrogen and oxygen atoms in total. The summed E-state index contributed by atoms with van der Waals surface area (Å²) in [4.78, 5) is 4.74. The zero-order chi connectivity index (χ0) is 18.4. The van der Waals surface area contributed by atoms with E-state index in [1.165, 1.54) is 27.6 Å². The van der Waals surface area contributed by atoms with E-state index in [4.69, 9.17) is 9.72 Å². The van der Waals surface area contributed by atoms with Gasteiger partial charge in [-0.25, -0.2) is 0 Å². The second-order valence-electron chi connectivity index (χ2n) is 7.00. The fourth-order valence-electron chi connectivity index (χ4n) is 3.92. The number of methoxy groups -OCH3 is 1. The highest BCUT2D eigenvalue weighted by Crippen LogP contribution is 2.32. The van der Waals surface area contributed by atoms with Crippen LogP contribution in [0.25, 0.3) is 27.5 Å². The first kappa shape index (κ1) is 15.9. The van der Waals surface area contributed by atoms with E-state index in [1.54, 1.807) is 7.11 Å². The summed E-state index contributed by atoms with van der Waals surface area (Å²) in [6.45, 7) is 2.15. The molecule has 0 saturated heterocycles. The number of fused-ring (bicyclic) bond motifs is 5. The van der Waals surface area contributed by atoms with Gasteiger partial charge in [0.2, 0.25) is 0 Å². The molecular formula is C24H20N2O. The van der Waals surface area contributed by atoms with Crippen molar-refractivity contribution in [3.8, 4) is 5.75 Å². The first-order valence-electron chi connectivity index (χ1n) is 9.15. The molecule has 27 heavy (non-hydrogen) atoms. The maximum atomic E-state index is 5.37. The number of hydrogen-bond donors (Lipinski definition) is 0. The quantitative estimate of drug-likeness (QED) is 0.426. The first-order chi connectivity index (χ1) is 13.2. The molecule has 0 fully saturated rings. The van der Waals surface area contributed by atoms with Crippen molar-refractivity contribution < 1.29 is 4.74 Å². The monoisotopic (exact) mass is 352 g/mol. The molecular weight excluding hydrogens is 332 g/mol. The van der Waals surface area contributed by atoms with Gasteiger partial charge in [-0.1, -0.05) is 42.0 Å². The van der Waals surface area contributed by atoms with E-state index in [0.717, 1.165) is 28.7 Å². The molecule has 0 spiro atoms. The van der Waals surface area contributed by atoms with Crippen LogP contribution >= 0.6 is 0 Å². The van der Waals surface area contributed by atoms with Gasteiger partial charge in [0.05, 0.1) is 35.4 Å². The molecule has 0 amide bonds. The number of benzene rings is 3. The van der Waals surface area contributed by atoms with E-state index >= 15 is 0 Å². The summed E-state index contributed by atoms with van der Waals surface area (Å²) < 4.78 is 7.70. The normalized spacial score (nSPS) is 11.5. The molecule has 5 aromatic rings. The van der Waals surface area contributed by atoms with Crippen LogP contribution in [0.2, 0.25) is 0 Å². The molecule has 0 radical (unpaired) electrons. The minimum Gasteiger partial charge on any atom is -0.497 e. The van der Waals surface area contributed by atoms with E-state index in [0.29, 0.717) is 0 Å². The summed E-state index contributed by atoms with van der Waals surface area (Å²) in [5, 5.41) is 1.30. The third-order valence-corrected chi connectivity index (χ3v) is 5.24. The topological polar surface area (TPSA) is 26.5 Å². The molecule has 3 heteroatoms. The van der Waals surface area contributed by atoms with Crippen molar-refractivity contribution >= 4 is 27.5 Å². The van der Waals surface area contributed by atoms with Gasteiger partial charge in [0.1, 0.15) is 5.75 Å². The van der Waals surface area contributed by atoms with Crippen molar-refractivity contribution in [1.82, 2.24) is 9.38 Å². The number of hydrogen-bond acceptors (Lipinski definition) is 2. The molecule has 0 N–H and O–H groups in total. The summed E-state index contributed by atoms with van der Waals surface area (Å²) in [6.07, 6.45) is 2.88. The van der Waals surface area contributed by atoms with Gasteiger partial charge in [-0.3, -0.25) is 4.98 Å². The van der Waals surface area contributed by atoms with Crippen LogP contribution in [0.3, 0.4) is 0 Å². The molecule has 3 aromatic carbocycles. The van der Waals surface area contributed by atoms with E-state index in [2.05, 4.69) is 65.9 Å². The highest BCUT2D eigenvalue weighted by Gasteiger charge is 2.15. The molecule has 0 unspecified atom stereocenters. The number of ether oxygens (including phenoxy) is 1. The fourth-order valence-corrected chi connectivity index (χ4v) is 3.92. The molecule has 0 aliphatic carbocycles. The Morgan fingerprint density at radius 1 is 0.889 bits per heavy atom. The lowest BCUT2D eigenvalue weighted by molar-refractivity contribution is 0.415. The van der Waals surface area contributed by atoms with Crippen LogP contribution in [-0.4, -0.2) is 16.5 Å². The molecule has 5 rings (SSSR count). The third kappa shape index (κ3) is 2.55. The van der Waals surface area contributed by atoms with Gasteiger partial charge in [-0.05, 0) is 42.3 Å². The number of rotatable bonds is 3. The van der Waals surface area contributed by atoms with Crippen LogP contribution in [0, 0.1) is 6.92 Å². The zero-order valence-electron chi connectivity index (χ0n) is 15.4. The van der Waals surface area contributed by atoms with Crippen LogP contribution < -0.4 is 4.74 Å². The van der Waals surface area contributed by atoms with Crippen molar-refractivity contribution in [1.29, 1.82) is 0 Å². The third-order valence-electron chi connectivity index (χ3n) is 5.24. The summed E-state index contributed by atoms with van der Waals surface area (Å²) in [5.74, 6) is 0.825. The lowest BCUT2D eigenvalue weighted by Gasteiger charge is -2.07. The summed E-state index contributed by atoms with van der Waals surface area (Å²) in [6, 6.07) is 23.4. The number of aromatic nitrogens is 2. The second-order valence-corrected chi connectivity index (χ2v) is 7.00. The van der Waals surface area contributed by atoms with Gasteiger partial charge < -0.3 is 9.14 Å². The van der Waals surface area contributed by atoms with Gasteiger partial charge in [0.25, 0.3) is 0 Å². The Morgan fingerprint density at radius 3 is 2.52 bits per heavy atom. The standard InChI is InChI=1S/C24H20N2O/c1-16-8-10-22-19(12-16)20(13-17-6-4-3-5-7-17)24-15-25-21-14-18(27-2)9-11-23(21)26(22)24/h3-12,14-15H,13H2,1-2H3. The Hall–Kier alpha value is -3.33. The maximum Gasteiger partial charge on any atom is 0.121 e. The Kier molecular flexibility index (Phi) is 3.61. The van der Waals surface area contributed by atoms with Crippen molar-refractivity contribution in [2.45, 2.75) is 13.3 Å². The van der Waals surface area contributed by atoms with E-state index in [9.17, 15) is 0 Å². The Morgan fingerprint density at radius 2 is 1.70 bits per heavy atom. The average molecular weight is 352 g/mol. The molecule has 0 bridgehead atoms. The smallest absolute Gasteiger partial charge is 0.121 e. The second kappa shape index (κ2) is 6.13. The lowest BCUT2D eigenvalue weighted by Crippen LogP contribution is -1.93. The SMILES string of the molecule is COc1ccc2c(c1)ncc1c(Cc3ccccc3)c3cc(C)ccc3n12. The average Bonchev–Trinajstić information content (AvgIpc) is 3.01. The van der Waals surface area contributed by atoms with E-state index in [-0.39, 0.29) is 0 Å². The molecule has 2 heterocycles. The summed E-state index contributed by atoms with van der Waals surface area (Å²) >= 11 is 0. The Balaban J connectivity index is 1.87. The van der Waals surface area contributed by atoms with Crippen molar-refractivity contribution in [2.75, 3.05) is 7.11 Å². The largest absolute Gasteiger partial charge is 0.497 e. The van der Waals surface area contributed by atoms with E-state index in [1.807, 2.05) is 18.3 Å². The molecule has 132 valence electrons. The maximum absolute atomic E-state index is 5.37. The Bertz CT molecular complexity index is 1290. The van der Waals surface area contributed by atoms with Gasteiger partial charge in [0.15, 0.2) is 0 Å². The van der Waals surface area contributed by atoms with Crippen LogP contribution in [0.5, 0.6) is 5.75 Å². The minimum absolute atomic E-state index is 0.825. The zero-order valence-corrected chi connectivity index (χ0v) is 15.4. The van der Waals surface area contributed by atoms with Crippen molar-refractivity contribution in [3.63, 3.8) is 0 Å². The minimum atomic E-state index is 0.825. The summed E-state index contributed by atoms with van der Waals surface area (Å²) in [7, 11) is 1.69. The van der Waals surface area contributed by atoms with Crippen LogP contribution in [0.1, 0.15) is 16.7 Å².